The van der Waals surface area contributed by atoms with Crippen molar-refractivity contribution < 1.29 is 38.5 Å². The summed E-state index contributed by atoms with van der Waals surface area (Å²) in [5, 5.41) is 0. The van der Waals surface area contributed by atoms with E-state index in [0.29, 0.717) is 0 Å². The van der Waals surface area contributed by atoms with Gasteiger partial charge in [-0.1, -0.05) is 111 Å². The lowest BCUT2D eigenvalue weighted by Gasteiger charge is -2.01. The van der Waals surface area contributed by atoms with Crippen LogP contribution in [0.5, 0.6) is 0 Å². The van der Waals surface area contributed by atoms with Crippen molar-refractivity contribution in [3.63, 3.8) is 0 Å². The molecule has 170 valence electrons. The Morgan fingerprint density at radius 1 is 0.444 bits per heavy atom. The molecule has 0 aliphatic carbocycles. The summed E-state index contributed by atoms with van der Waals surface area (Å²) >= 11 is 0. The van der Waals surface area contributed by atoms with E-state index in [1.54, 1.807) is 0 Å². The van der Waals surface area contributed by atoms with Crippen molar-refractivity contribution >= 4 is 15.6 Å². The average molecular weight is 438 g/mol. The molecule has 0 unspecified atom stereocenters. The Hall–Kier alpha value is 0.220. The lowest BCUT2D eigenvalue weighted by Crippen LogP contribution is -1.82. The van der Waals surface area contributed by atoms with Crippen molar-refractivity contribution in [3.05, 3.63) is 0 Å². The monoisotopic (exact) mass is 438 g/mol. The number of hydrogen-bond acceptors (Lipinski definition) is 2. The maximum Gasteiger partial charge on any atom is 0.466 e. The zero-order valence-electron chi connectivity index (χ0n) is 17.6. The fourth-order valence-corrected chi connectivity index (χ4v) is 2.09. The topological polar surface area (TPSA) is 156 Å². The van der Waals surface area contributed by atoms with Crippen LogP contribution < -0.4 is 0 Å². The summed E-state index contributed by atoms with van der Waals surface area (Å²) in [4.78, 5) is 43.1. The van der Waals surface area contributed by atoms with Crippen LogP contribution in [0.3, 0.4) is 0 Å². The number of hydrogen-bond donors (Lipinski definition) is 6. The maximum absolute atomic E-state index is 8.88. The molecule has 0 heterocycles. The molecule has 0 bridgehead atoms. The smallest absolute Gasteiger partial charge is 0.303 e. The molecular formula is C17H44O8P2. The van der Waals surface area contributed by atoms with E-state index >= 15 is 0 Å². The molecular weight excluding hydrogens is 394 g/mol. The second-order valence-electron chi connectivity index (χ2n) is 5.92. The van der Waals surface area contributed by atoms with Crippen LogP contribution in [0, 0.1) is 0 Å². The summed E-state index contributed by atoms with van der Waals surface area (Å²) in [6, 6.07) is 0. The molecule has 0 atom stereocenters. The minimum atomic E-state index is -4.64. The van der Waals surface area contributed by atoms with Gasteiger partial charge in [0.25, 0.3) is 0 Å². The summed E-state index contributed by atoms with van der Waals surface area (Å²) in [6.45, 7) is 8.58. The van der Waals surface area contributed by atoms with Gasteiger partial charge in [0.1, 0.15) is 0 Å². The molecule has 0 radical (unpaired) electrons. The lowest BCUT2D eigenvalue weighted by molar-refractivity contribution is 0.272. The summed E-state index contributed by atoms with van der Waals surface area (Å²) < 4.78 is 17.8. The van der Waals surface area contributed by atoms with E-state index < -0.39 is 15.6 Å². The van der Waals surface area contributed by atoms with Gasteiger partial charge in [0.05, 0.1) is 0 Å². The Kier molecular flexibility index (Phi) is 33.7. The van der Waals surface area contributed by atoms with Crippen LogP contribution in [0.15, 0.2) is 0 Å². The average Bonchev–Trinajstić information content (AvgIpc) is 2.51. The SMILES string of the molecule is CC.CCCCCCCCCCCCCCC.O=P(O)(O)O.O=P(O)(O)O. The van der Waals surface area contributed by atoms with E-state index in [0.717, 1.165) is 0 Å². The third-order valence-corrected chi connectivity index (χ3v) is 3.21. The molecule has 27 heavy (non-hydrogen) atoms. The highest BCUT2D eigenvalue weighted by Gasteiger charge is 2.00. The summed E-state index contributed by atoms with van der Waals surface area (Å²) in [5.74, 6) is 0. The third kappa shape index (κ3) is 103. The molecule has 0 fully saturated rings. The van der Waals surface area contributed by atoms with Crippen LogP contribution in [0.4, 0.5) is 0 Å². The first-order valence-electron chi connectivity index (χ1n) is 9.98. The molecule has 8 nitrogen and oxygen atoms in total. The normalized spacial score (nSPS) is 10.6. The van der Waals surface area contributed by atoms with Crippen molar-refractivity contribution in [2.75, 3.05) is 0 Å². The molecule has 10 heteroatoms. The third-order valence-electron chi connectivity index (χ3n) is 3.21. The van der Waals surface area contributed by atoms with Crippen molar-refractivity contribution in [3.8, 4) is 0 Å². The van der Waals surface area contributed by atoms with Gasteiger partial charge in [-0.15, -0.1) is 0 Å². The Morgan fingerprint density at radius 3 is 0.667 bits per heavy atom. The predicted molar refractivity (Wildman–Crippen MR) is 111 cm³/mol. The summed E-state index contributed by atoms with van der Waals surface area (Å²) in [6.07, 6.45) is 18.9. The Labute approximate surface area is 165 Å². The van der Waals surface area contributed by atoms with Crippen molar-refractivity contribution in [1.82, 2.24) is 0 Å². The highest BCUT2D eigenvalue weighted by atomic mass is 31.2. The van der Waals surface area contributed by atoms with Crippen LogP contribution in [0.25, 0.3) is 0 Å². The molecule has 0 saturated carbocycles. The van der Waals surface area contributed by atoms with E-state index in [4.69, 9.17) is 38.5 Å². The second-order valence-corrected chi connectivity index (χ2v) is 7.97. The molecule has 0 aliphatic heterocycles. The van der Waals surface area contributed by atoms with Gasteiger partial charge in [-0.3, -0.25) is 0 Å². The van der Waals surface area contributed by atoms with E-state index in [1.807, 2.05) is 13.8 Å². The van der Waals surface area contributed by atoms with Crippen molar-refractivity contribution in [2.24, 2.45) is 0 Å². The van der Waals surface area contributed by atoms with Crippen LogP contribution >= 0.6 is 15.6 Å². The van der Waals surface area contributed by atoms with Gasteiger partial charge >= 0.3 is 15.6 Å². The molecule has 0 rings (SSSR count). The van der Waals surface area contributed by atoms with Crippen LogP contribution in [-0.4, -0.2) is 29.4 Å². The minimum absolute atomic E-state index is 1.37. The minimum Gasteiger partial charge on any atom is -0.303 e. The van der Waals surface area contributed by atoms with Crippen molar-refractivity contribution in [2.45, 2.75) is 111 Å². The van der Waals surface area contributed by atoms with Gasteiger partial charge in [0, 0.05) is 0 Å². The second kappa shape index (κ2) is 26.2. The molecule has 0 aliphatic rings. The lowest BCUT2D eigenvalue weighted by atomic mass is 10.1. The quantitative estimate of drug-likeness (QED) is 0.178. The number of unbranched alkanes of at least 4 members (excludes halogenated alkanes) is 12. The highest BCUT2D eigenvalue weighted by molar-refractivity contribution is 7.45. The van der Waals surface area contributed by atoms with Crippen LogP contribution in [0.2, 0.25) is 0 Å². The van der Waals surface area contributed by atoms with E-state index in [2.05, 4.69) is 13.8 Å². The zero-order valence-corrected chi connectivity index (χ0v) is 19.4. The number of rotatable bonds is 12. The van der Waals surface area contributed by atoms with Gasteiger partial charge < -0.3 is 29.4 Å². The molecule has 0 aromatic rings. The fraction of sp³-hybridized carbons (Fsp3) is 1.00. The zero-order chi connectivity index (χ0) is 22.2. The van der Waals surface area contributed by atoms with Gasteiger partial charge in [-0.25, -0.2) is 9.13 Å². The van der Waals surface area contributed by atoms with Crippen LogP contribution in [0.1, 0.15) is 111 Å². The summed E-state index contributed by atoms with van der Waals surface area (Å²) in [5.41, 5.74) is 0. The van der Waals surface area contributed by atoms with E-state index in [-0.39, 0.29) is 0 Å². The first-order chi connectivity index (χ1) is 12.4. The van der Waals surface area contributed by atoms with E-state index in [1.165, 1.54) is 83.5 Å². The largest absolute Gasteiger partial charge is 0.466 e. The van der Waals surface area contributed by atoms with Gasteiger partial charge in [0.15, 0.2) is 0 Å². The van der Waals surface area contributed by atoms with Gasteiger partial charge in [-0.2, -0.15) is 0 Å². The van der Waals surface area contributed by atoms with Gasteiger partial charge in [-0.05, 0) is 0 Å². The van der Waals surface area contributed by atoms with E-state index in [9.17, 15) is 0 Å². The molecule has 0 saturated heterocycles. The number of phosphoric acid groups is 2. The predicted octanol–water partition coefficient (Wildman–Crippen LogP) is 5.27. The first-order valence-corrected chi connectivity index (χ1v) is 13.1. The molecule has 0 aromatic heterocycles. The molecule has 0 spiro atoms. The molecule has 6 N–H and O–H groups in total. The van der Waals surface area contributed by atoms with Crippen LogP contribution in [-0.2, 0) is 9.13 Å². The van der Waals surface area contributed by atoms with Gasteiger partial charge in [0.2, 0.25) is 0 Å². The first kappa shape index (κ1) is 34.7. The Bertz CT molecular complexity index is 293. The maximum atomic E-state index is 8.88. The Balaban J connectivity index is -0.000000181. The summed E-state index contributed by atoms with van der Waals surface area (Å²) in [7, 11) is -9.28. The molecule has 0 aromatic carbocycles. The highest BCUT2D eigenvalue weighted by Crippen LogP contribution is 2.26. The standard InChI is InChI=1S/C15H32.C2H6.2H3O4P/c1-3-5-7-9-11-13-15-14-12-10-8-6-4-2;1-2;2*1-5(2,3)4/h3-15H2,1-2H3;1-2H3;2*(H3,1,2,3,4). The fourth-order valence-electron chi connectivity index (χ4n) is 2.09. The Morgan fingerprint density at radius 2 is 0.556 bits per heavy atom. The van der Waals surface area contributed by atoms with Crippen molar-refractivity contribution in [1.29, 1.82) is 0 Å². The molecule has 0 amide bonds.